The van der Waals surface area contributed by atoms with Gasteiger partial charge in [-0.05, 0) is 55.8 Å². The molecule has 27 heavy (non-hydrogen) atoms. The molecular formula is C20H22ClFN2O3. The fraction of sp³-hybridized carbons (Fsp3) is 0.300. The topological polar surface area (TPSA) is 58.6 Å². The zero-order chi connectivity index (χ0) is 19.8. The number of carbonyl (C=O) groups is 2. The Morgan fingerprint density at radius 3 is 2.37 bits per heavy atom. The van der Waals surface area contributed by atoms with E-state index in [1.807, 2.05) is 6.92 Å². The fourth-order valence-electron chi connectivity index (χ4n) is 2.45. The standard InChI is InChI=1S/C20H22ClFN2O3/c1-3-23-20(26)14(2)24(12-15-4-6-16(21)7-5-15)19(25)13-27-18-10-8-17(22)9-11-18/h4-11,14H,3,12-13H2,1-2H3,(H,23,26)/t14-/m0/s1. The second kappa shape index (κ2) is 9.92. The van der Waals surface area contributed by atoms with Crippen LogP contribution in [0, 0.1) is 5.82 Å². The van der Waals surface area contributed by atoms with Gasteiger partial charge in [-0.3, -0.25) is 9.59 Å². The summed E-state index contributed by atoms with van der Waals surface area (Å²) in [5.41, 5.74) is 0.839. The molecule has 0 aliphatic heterocycles. The van der Waals surface area contributed by atoms with E-state index in [9.17, 15) is 14.0 Å². The highest BCUT2D eigenvalue weighted by atomic mass is 35.5. The van der Waals surface area contributed by atoms with Gasteiger partial charge in [0, 0.05) is 18.1 Å². The molecular weight excluding hydrogens is 371 g/mol. The van der Waals surface area contributed by atoms with Gasteiger partial charge < -0.3 is 15.0 Å². The third-order valence-corrected chi connectivity index (χ3v) is 4.21. The summed E-state index contributed by atoms with van der Waals surface area (Å²) in [4.78, 5) is 26.4. The lowest BCUT2D eigenvalue weighted by molar-refractivity contribution is -0.142. The average molecular weight is 393 g/mol. The van der Waals surface area contributed by atoms with Gasteiger partial charge in [-0.1, -0.05) is 23.7 Å². The predicted molar refractivity (Wildman–Crippen MR) is 102 cm³/mol. The van der Waals surface area contributed by atoms with Crippen LogP contribution in [0.5, 0.6) is 5.75 Å². The van der Waals surface area contributed by atoms with Crippen LogP contribution in [0.1, 0.15) is 19.4 Å². The van der Waals surface area contributed by atoms with Gasteiger partial charge in [0.2, 0.25) is 5.91 Å². The van der Waals surface area contributed by atoms with Gasteiger partial charge in [-0.25, -0.2) is 4.39 Å². The summed E-state index contributed by atoms with van der Waals surface area (Å²) in [6.45, 7) is 3.92. The summed E-state index contributed by atoms with van der Waals surface area (Å²) in [7, 11) is 0. The molecule has 0 aliphatic rings. The Bertz CT molecular complexity index is 766. The molecule has 0 unspecified atom stereocenters. The number of ether oxygens (including phenoxy) is 1. The molecule has 2 aromatic rings. The molecule has 0 aromatic heterocycles. The van der Waals surface area contributed by atoms with E-state index in [0.717, 1.165) is 5.56 Å². The molecule has 0 spiro atoms. The van der Waals surface area contributed by atoms with Crippen LogP contribution in [0.15, 0.2) is 48.5 Å². The Hall–Kier alpha value is -2.60. The maximum Gasteiger partial charge on any atom is 0.261 e. The lowest BCUT2D eigenvalue weighted by atomic mass is 10.1. The molecule has 2 amide bonds. The first-order valence-corrected chi connectivity index (χ1v) is 8.98. The van der Waals surface area contributed by atoms with E-state index in [4.69, 9.17) is 16.3 Å². The molecule has 0 saturated heterocycles. The Morgan fingerprint density at radius 1 is 1.15 bits per heavy atom. The Labute approximate surface area is 163 Å². The zero-order valence-electron chi connectivity index (χ0n) is 15.2. The predicted octanol–water partition coefficient (Wildman–Crippen LogP) is 3.41. The number of hydrogen-bond donors (Lipinski definition) is 1. The van der Waals surface area contributed by atoms with E-state index in [-0.39, 0.29) is 30.8 Å². The number of carbonyl (C=O) groups excluding carboxylic acids is 2. The summed E-state index contributed by atoms with van der Waals surface area (Å²) in [6, 6.07) is 11.8. The van der Waals surface area contributed by atoms with Crippen LogP contribution in [0.4, 0.5) is 4.39 Å². The second-order valence-electron chi connectivity index (χ2n) is 5.96. The average Bonchev–Trinajstić information content (AvgIpc) is 2.66. The van der Waals surface area contributed by atoms with Crippen LogP contribution in [-0.2, 0) is 16.1 Å². The summed E-state index contributed by atoms with van der Waals surface area (Å²) in [6.07, 6.45) is 0. The van der Waals surface area contributed by atoms with E-state index < -0.39 is 6.04 Å². The van der Waals surface area contributed by atoms with E-state index in [2.05, 4.69) is 5.32 Å². The van der Waals surface area contributed by atoms with Crippen LogP contribution in [0.3, 0.4) is 0 Å². The minimum Gasteiger partial charge on any atom is -0.484 e. The molecule has 1 N–H and O–H groups in total. The normalized spacial score (nSPS) is 11.6. The lowest BCUT2D eigenvalue weighted by Crippen LogP contribution is -2.49. The third kappa shape index (κ3) is 6.25. The van der Waals surface area contributed by atoms with Gasteiger partial charge in [0.15, 0.2) is 6.61 Å². The molecule has 7 heteroatoms. The molecule has 2 rings (SSSR count). The van der Waals surface area contributed by atoms with Gasteiger partial charge in [0.1, 0.15) is 17.6 Å². The van der Waals surface area contributed by atoms with Gasteiger partial charge >= 0.3 is 0 Å². The largest absolute Gasteiger partial charge is 0.484 e. The number of hydrogen-bond acceptors (Lipinski definition) is 3. The Balaban J connectivity index is 2.11. The van der Waals surface area contributed by atoms with Crippen molar-refractivity contribution in [1.82, 2.24) is 10.2 Å². The van der Waals surface area contributed by atoms with Crippen molar-refractivity contribution >= 4 is 23.4 Å². The van der Waals surface area contributed by atoms with Crippen LogP contribution >= 0.6 is 11.6 Å². The number of nitrogens with zero attached hydrogens (tertiary/aromatic N) is 1. The number of rotatable bonds is 8. The summed E-state index contributed by atoms with van der Waals surface area (Å²) < 4.78 is 18.4. The van der Waals surface area contributed by atoms with Crippen molar-refractivity contribution in [2.75, 3.05) is 13.2 Å². The quantitative estimate of drug-likeness (QED) is 0.749. The highest BCUT2D eigenvalue weighted by Gasteiger charge is 2.26. The van der Waals surface area contributed by atoms with Crippen LogP contribution in [0.2, 0.25) is 5.02 Å². The molecule has 0 aliphatic carbocycles. The van der Waals surface area contributed by atoms with Crippen LogP contribution in [-0.4, -0.2) is 35.9 Å². The minimum atomic E-state index is -0.676. The summed E-state index contributed by atoms with van der Waals surface area (Å²) in [5, 5.41) is 3.31. The highest BCUT2D eigenvalue weighted by Crippen LogP contribution is 2.15. The van der Waals surface area contributed by atoms with Crippen molar-refractivity contribution in [3.8, 4) is 5.75 Å². The second-order valence-corrected chi connectivity index (χ2v) is 6.40. The number of amides is 2. The first-order chi connectivity index (χ1) is 12.9. The Morgan fingerprint density at radius 2 is 1.78 bits per heavy atom. The summed E-state index contributed by atoms with van der Waals surface area (Å²) >= 11 is 5.90. The van der Waals surface area contributed by atoms with Gasteiger partial charge in [-0.2, -0.15) is 0 Å². The molecule has 144 valence electrons. The van der Waals surface area contributed by atoms with Crippen molar-refractivity contribution in [2.45, 2.75) is 26.4 Å². The number of likely N-dealkylation sites (N-methyl/N-ethyl adjacent to an activating group) is 1. The maximum absolute atomic E-state index is 13.0. The van der Waals surface area contributed by atoms with Crippen molar-refractivity contribution in [3.63, 3.8) is 0 Å². The molecule has 0 saturated carbocycles. The van der Waals surface area contributed by atoms with Gasteiger partial charge in [-0.15, -0.1) is 0 Å². The smallest absolute Gasteiger partial charge is 0.261 e. The van der Waals surface area contributed by atoms with Gasteiger partial charge in [0.05, 0.1) is 0 Å². The number of nitrogens with one attached hydrogen (secondary N) is 1. The first-order valence-electron chi connectivity index (χ1n) is 8.60. The van der Waals surface area contributed by atoms with Crippen LogP contribution < -0.4 is 10.1 Å². The lowest BCUT2D eigenvalue weighted by Gasteiger charge is -2.28. The Kier molecular flexibility index (Phi) is 7.61. The minimum absolute atomic E-state index is 0.237. The van der Waals surface area contributed by atoms with Gasteiger partial charge in [0.25, 0.3) is 5.91 Å². The maximum atomic E-state index is 13.0. The molecule has 0 heterocycles. The highest BCUT2D eigenvalue weighted by molar-refractivity contribution is 6.30. The van der Waals surface area contributed by atoms with E-state index in [1.54, 1.807) is 31.2 Å². The van der Waals surface area contributed by atoms with E-state index in [0.29, 0.717) is 17.3 Å². The van der Waals surface area contributed by atoms with E-state index >= 15 is 0 Å². The molecule has 0 bridgehead atoms. The molecule has 1 atom stereocenters. The SMILES string of the molecule is CCNC(=O)[C@H](C)N(Cc1ccc(Cl)cc1)C(=O)COc1ccc(F)cc1. The molecule has 0 radical (unpaired) electrons. The zero-order valence-corrected chi connectivity index (χ0v) is 16.0. The molecule has 0 fully saturated rings. The third-order valence-electron chi connectivity index (χ3n) is 3.96. The van der Waals surface area contributed by atoms with Crippen molar-refractivity contribution in [1.29, 1.82) is 0 Å². The number of benzene rings is 2. The summed E-state index contributed by atoms with van der Waals surface area (Å²) in [5.74, 6) is -0.612. The van der Waals surface area contributed by atoms with Crippen molar-refractivity contribution in [3.05, 3.63) is 64.9 Å². The van der Waals surface area contributed by atoms with Crippen molar-refractivity contribution < 1.29 is 18.7 Å². The van der Waals surface area contributed by atoms with Crippen molar-refractivity contribution in [2.24, 2.45) is 0 Å². The first kappa shape index (κ1) is 20.7. The fourth-order valence-corrected chi connectivity index (χ4v) is 2.58. The monoisotopic (exact) mass is 392 g/mol. The van der Waals surface area contributed by atoms with E-state index in [1.165, 1.54) is 29.2 Å². The van der Waals surface area contributed by atoms with Crippen LogP contribution in [0.25, 0.3) is 0 Å². The molecule has 2 aromatic carbocycles. The molecule has 5 nitrogen and oxygen atoms in total. The number of halogens is 2.